The Kier molecular flexibility index (Phi) is 6.03. The number of nitrogens with one attached hydrogen (secondary N) is 2. The molecule has 0 fully saturated rings. The smallest absolute Gasteiger partial charge is 0.748 e. The molecule has 0 heterocycles. The molecule has 23 heavy (non-hydrogen) atoms. The summed E-state index contributed by atoms with van der Waals surface area (Å²) >= 11 is 0. The minimum Gasteiger partial charge on any atom is -0.748 e. The Morgan fingerprint density at radius 1 is 0.913 bits per heavy atom. The third-order valence-electron chi connectivity index (χ3n) is 1.03. The van der Waals surface area contributed by atoms with Crippen molar-refractivity contribution >= 4 is 69.8 Å². The third kappa shape index (κ3) is 34.4. The summed E-state index contributed by atoms with van der Waals surface area (Å²) in [5.41, 5.74) is 0. The number of carbonyl (C=O) groups excluding carboxylic acids is 2. The molecule has 132 valence electrons. The molecule has 2 N–H and O–H groups in total. The Morgan fingerprint density at radius 3 is 1.43 bits per heavy atom. The quantitative estimate of drug-likeness (QED) is 0.330. The molecule has 0 aromatic heterocycles. The van der Waals surface area contributed by atoms with Crippen molar-refractivity contribution in [1.82, 2.24) is 10.6 Å². The molecule has 2 amide bonds. The molecule has 0 aliphatic rings. The predicted octanol–water partition coefficient (Wildman–Crippen LogP) is -2.27. The Labute approximate surface area is 185 Å². The molecule has 0 aliphatic carbocycles. The van der Waals surface area contributed by atoms with Crippen LogP contribution in [0.1, 0.15) is 45.6 Å². The summed E-state index contributed by atoms with van der Waals surface area (Å²) in [4.78, 5) is 22.0. The molecule has 0 spiro atoms. The van der Waals surface area contributed by atoms with Crippen LogP contribution in [0.2, 0.25) is 0 Å². The van der Waals surface area contributed by atoms with Crippen molar-refractivity contribution in [2.24, 2.45) is 0 Å². The molecule has 10 nitrogen and oxygen atoms in total. The van der Waals surface area contributed by atoms with E-state index >= 15 is 0 Å². The first-order chi connectivity index (χ1) is 15.2. The summed E-state index contributed by atoms with van der Waals surface area (Å²) in [7, 11) is -10.2. The molecule has 0 unspecified atom stereocenters. The van der Waals surface area contributed by atoms with Gasteiger partial charge >= 0.3 is 37.7 Å². The van der Waals surface area contributed by atoms with E-state index in [-0.39, 0.29) is 37.7 Å². The molecule has 0 atom stereocenters. The van der Waals surface area contributed by atoms with Gasteiger partial charge in [0.05, 0.1) is 20.2 Å². The standard InChI is InChI=1S/2C5H11NO4S.Ca/c2*1-5(7)6-3-2-4-11(8,9)10;/h2*2-4H2,1H3,(H,6,7)(H,8,9,10);/q;;+2/p-2/i2*1D3,2D2,3D2;. The van der Waals surface area contributed by atoms with Crippen LogP contribution >= 0.6 is 0 Å². The van der Waals surface area contributed by atoms with Gasteiger partial charge in [-0.25, -0.2) is 16.8 Å². The zero-order valence-corrected chi connectivity index (χ0v) is 15.0. The Bertz CT molecular complexity index is 944. The molecule has 0 radical (unpaired) electrons. The van der Waals surface area contributed by atoms with Gasteiger partial charge in [-0.1, -0.05) is 0 Å². The van der Waals surface area contributed by atoms with Crippen LogP contribution in [0.4, 0.5) is 0 Å². The number of hydrogen-bond acceptors (Lipinski definition) is 8. The number of amides is 2. The molecule has 0 aromatic rings. The Morgan fingerprint density at radius 2 is 1.22 bits per heavy atom. The molecule has 13 heteroatoms. The van der Waals surface area contributed by atoms with Crippen molar-refractivity contribution in [3.8, 4) is 0 Å². The first kappa shape index (κ1) is 9.64. The second kappa shape index (κ2) is 14.4. The van der Waals surface area contributed by atoms with Crippen molar-refractivity contribution in [1.29, 1.82) is 0 Å². The van der Waals surface area contributed by atoms with E-state index in [9.17, 15) is 35.5 Å². The normalized spacial score (nSPS) is 23.2. The van der Waals surface area contributed by atoms with E-state index < -0.39 is 83.0 Å². The predicted molar refractivity (Wildman–Crippen MR) is 81.5 cm³/mol. The topological polar surface area (TPSA) is 173 Å². The van der Waals surface area contributed by atoms with Gasteiger partial charge < -0.3 is 19.7 Å². The Hall–Kier alpha value is 0.0197. The molecule has 0 saturated carbocycles. The molecular formula is C10H20CaN2O8S2. The molecule has 0 aromatic carbocycles. The van der Waals surface area contributed by atoms with Gasteiger partial charge in [0.25, 0.3) is 0 Å². The van der Waals surface area contributed by atoms with Crippen LogP contribution in [0.25, 0.3) is 0 Å². The fourth-order valence-corrected chi connectivity index (χ4v) is 0.949. The third-order valence-corrected chi connectivity index (χ3v) is 2.02. The zero-order valence-electron chi connectivity index (χ0n) is 25.2. The fourth-order valence-electron chi connectivity index (χ4n) is 0.451. The molecule has 0 rings (SSSR count). The number of hydrogen-bond donors (Lipinski definition) is 2. The molecule has 0 bridgehead atoms. The van der Waals surface area contributed by atoms with E-state index in [0.29, 0.717) is 0 Å². The van der Waals surface area contributed by atoms with Gasteiger partial charge in [-0.05, 0) is 12.7 Å². The molecular weight excluding hydrogens is 380 g/mol. The van der Waals surface area contributed by atoms with Gasteiger partial charge in [0.2, 0.25) is 11.8 Å². The molecule has 0 aliphatic heterocycles. The molecule has 0 saturated heterocycles. The van der Waals surface area contributed by atoms with Gasteiger partial charge in [-0.3, -0.25) is 9.59 Å². The van der Waals surface area contributed by atoms with E-state index in [4.69, 9.17) is 19.2 Å². The van der Waals surface area contributed by atoms with Gasteiger partial charge in [0.15, 0.2) is 0 Å². The fraction of sp³-hybridized carbons (Fsp3) is 0.800. The van der Waals surface area contributed by atoms with Crippen molar-refractivity contribution < 1.29 is 54.7 Å². The van der Waals surface area contributed by atoms with Crippen molar-refractivity contribution in [3.63, 3.8) is 0 Å². The summed E-state index contributed by atoms with van der Waals surface area (Å²) in [5, 5.41) is 2.43. The summed E-state index contributed by atoms with van der Waals surface area (Å²) < 4.78 is 159. The minimum atomic E-state index is -5.09. The minimum absolute atomic E-state index is 0. The van der Waals surface area contributed by atoms with Crippen molar-refractivity contribution in [2.45, 2.75) is 26.4 Å². The zero-order chi connectivity index (χ0) is 30.0. The summed E-state index contributed by atoms with van der Waals surface area (Å²) in [5.74, 6) is -7.07. The summed E-state index contributed by atoms with van der Waals surface area (Å²) in [6, 6.07) is 0. The van der Waals surface area contributed by atoms with Gasteiger partial charge in [-0.15, -0.1) is 0 Å². The van der Waals surface area contributed by atoms with Crippen LogP contribution in [0, 0.1) is 0 Å². The first-order valence-corrected chi connectivity index (χ1v) is 7.85. The van der Waals surface area contributed by atoms with Crippen LogP contribution in [0.5, 0.6) is 0 Å². The maximum absolute atomic E-state index is 11.0. The van der Waals surface area contributed by atoms with Gasteiger partial charge in [-0.2, -0.15) is 0 Å². The second-order valence-electron chi connectivity index (χ2n) is 2.92. The van der Waals surface area contributed by atoms with E-state index in [2.05, 4.69) is 0 Å². The van der Waals surface area contributed by atoms with Crippen LogP contribution in [-0.2, 0) is 29.8 Å². The monoisotopic (exact) mass is 414 g/mol. The summed E-state index contributed by atoms with van der Waals surface area (Å²) in [6.07, 6.45) is -6.54. The van der Waals surface area contributed by atoms with Gasteiger partial charge in [0.1, 0.15) is 0 Å². The summed E-state index contributed by atoms with van der Waals surface area (Å²) in [6.45, 7) is -13.1. The van der Waals surface area contributed by atoms with Crippen LogP contribution in [-0.4, -0.2) is 100.0 Å². The first-order valence-electron chi connectivity index (χ1n) is 11.7. The van der Waals surface area contributed by atoms with E-state index in [1.165, 1.54) is 10.6 Å². The number of carbonyl (C=O) groups is 2. The van der Waals surface area contributed by atoms with Crippen LogP contribution < -0.4 is 10.6 Å². The van der Waals surface area contributed by atoms with E-state index in [0.717, 1.165) is 0 Å². The van der Waals surface area contributed by atoms with Crippen LogP contribution in [0.3, 0.4) is 0 Å². The van der Waals surface area contributed by atoms with Crippen molar-refractivity contribution in [3.05, 3.63) is 0 Å². The average molecular weight is 415 g/mol. The van der Waals surface area contributed by atoms with Gasteiger partial charge in [0, 0.05) is 57.4 Å². The van der Waals surface area contributed by atoms with Crippen molar-refractivity contribution in [2.75, 3.05) is 24.5 Å². The van der Waals surface area contributed by atoms with E-state index in [1.54, 1.807) is 0 Å². The SMILES string of the molecule is [2H]C([2H])([2H])C(=O)NC([2H])([2H])C([2H])([2H])CS(=O)(=O)[O-].[2H]C([2H])([2H])C(=O)NC([2H])([2H])C([2H])([2H])CS(=O)(=O)[O-].[Ca+2]. The number of rotatable bonds is 8. The second-order valence-corrected chi connectivity index (χ2v) is 5.72. The average Bonchev–Trinajstić information content (AvgIpc) is 2.47. The largest absolute Gasteiger partial charge is 2.00 e. The Balaban J connectivity index is -0.000000608. The maximum atomic E-state index is 11.0. The maximum Gasteiger partial charge on any atom is 2.00 e. The van der Waals surface area contributed by atoms with E-state index in [1.807, 2.05) is 0 Å². The van der Waals surface area contributed by atoms with Crippen LogP contribution in [0.15, 0.2) is 0 Å².